The third-order valence-corrected chi connectivity index (χ3v) is 5.51. The number of unbranched alkanes of at least 4 members (excludes halogenated alkanes) is 3. The summed E-state index contributed by atoms with van der Waals surface area (Å²) in [4.78, 5) is 11.0. The predicted molar refractivity (Wildman–Crippen MR) is 112 cm³/mol. The van der Waals surface area contributed by atoms with Crippen LogP contribution in [-0.4, -0.2) is 25.5 Å². The van der Waals surface area contributed by atoms with Gasteiger partial charge >= 0.3 is 5.97 Å². The summed E-state index contributed by atoms with van der Waals surface area (Å²) < 4.78 is 16.6. The van der Waals surface area contributed by atoms with Gasteiger partial charge in [-0.3, -0.25) is 0 Å². The topological polar surface area (TPSA) is 44.8 Å². The number of esters is 1. The number of rotatable bonds is 13. The van der Waals surface area contributed by atoms with Crippen LogP contribution in [0.1, 0.15) is 70.3 Å². The van der Waals surface area contributed by atoms with Gasteiger partial charge in [0.25, 0.3) is 0 Å². The highest BCUT2D eigenvalue weighted by Crippen LogP contribution is 2.30. The molecule has 1 aromatic rings. The number of benzene rings is 1. The molecule has 2 rings (SSSR count). The molecule has 0 radical (unpaired) electrons. The zero-order chi connectivity index (χ0) is 20.0. The molecule has 156 valence electrons. The van der Waals surface area contributed by atoms with Crippen LogP contribution in [0.25, 0.3) is 0 Å². The van der Waals surface area contributed by atoms with Gasteiger partial charge in [0.2, 0.25) is 0 Å². The Bertz CT molecular complexity index is 558. The summed E-state index contributed by atoms with van der Waals surface area (Å²) in [6, 6.07) is 7.84. The lowest BCUT2D eigenvalue weighted by atomic mass is 9.84. The van der Waals surface area contributed by atoms with E-state index >= 15 is 0 Å². The maximum Gasteiger partial charge on any atom is 0.330 e. The van der Waals surface area contributed by atoms with Gasteiger partial charge in [-0.15, -0.1) is 0 Å². The van der Waals surface area contributed by atoms with Crippen LogP contribution in [0.2, 0.25) is 0 Å². The second kappa shape index (κ2) is 13.4. The van der Waals surface area contributed by atoms with Crippen molar-refractivity contribution >= 4 is 5.97 Å². The minimum absolute atomic E-state index is 0.308. The van der Waals surface area contributed by atoms with E-state index in [0.29, 0.717) is 25.9 Å². The summed E-state index contributed by atoms with van der Waals surface area (Å²) in [5.74, 6) is 1.31. The third-order valence-electron chi connectivity index (χ3n) is 5.51. The minimum atomic E-state index is -0.386. The van der Waals surface area contributed by atoms with Gasteiger partial charge in [-0.2, -0.15) is 0 Å². The summed E-state index contributed by atoms with van der Waals surface area (Å²) in [6.07, 6.45) is 14.0. The Labute approximate surface area is 170 Å². The zero-order valence-corrected chi connectivity index (χ0v) is 17.4. The highest BCUT2D eigenvalue weighted by atomic mass is 16.7. The molecule has 0 aromatic heterocycles. The normalized spacial score (nSPS) is 19.2. The molecule has 1 aliphatic rings. The van der Waals surface area contributed by atoms with E-state index in [4.69, 9.17) is 14.2 Å². The fourth-order valence-electron chi connectivity index (χ4n) is 3.73. The molecule has 0 N–H and O–H groups in total. The van der Waals surface area contributed by atoms with Crippen molar-refractivity contribution in [1.82, 2.24) is 0 Å². The van der Waals surface area contributed by atoms with E-state index in [9.17, 15) is 4.79 Å². The molecule has 0 heterocycles. The van der Waals surface area contributed by atoms with Crippen LogP contribution in [0, 0.1) is 5.92 Å². The van der Waals surface area contributed by atoms with E-state index in [2.05, 4.69) is 13.5 Å². The first kappa shape index (κ1) is 22.5. The first-order valence-electron chi connectivity index (χ1n) is 10.8. The molecule has 28 heavy (non-hydrogen) atoms. The van der Waals surface area contributed by atoms with Crippen molar-refractivity contribution in [2.24, 2.45) is 5.92 Å². The summed E-state index contributed by atoms with van der Waals surface area (Å²) >= 11 is 0. The Hall–Kier alpha value is -1.81. The highest BCUT2D eigenvalue weighted by Gasteiger charge is 2.21. The summed E-state index contributed by atoms with van der Waals surface area (Å²) in [5.41, 5.74) is 1.10. The van der Waals surface area contributed by atoms with Crippen molar-refractivity contribution in [3.8, 4) is 5.75 Å². The standard InChI is InChI=1S/C24H36O4/c1-3-5-6-7-8-20-9-13-22(14-10-20)27-19-28-23-15-11-21(12-16-23)17-18-26-24(25)4-2/h4,11-12,15-16,20,22H,2-3,5-10,13-14,17-19H2,1H3. The molecule has 0 saturated heterocycles. The molecule has 4 nitrogen and oxygen atoms in total. The van der Waals surface area contributed by atoms with E-state index in [0.717, 1.165) is 30.1 Å². The van der Waals surface area contributed by atoms with Crippen molar-refractivity contribution in [1.29, 1.82) is 0 Å². The Balaban J connectivity index is 1.56. The highest BCUT2D eigenvalue weighted by molar-refractivity contribution is 5.81. The Morgan fingerprint density at radius 3 is 2.54 bits per heavy atom. The molecular formula is C24H36O4. The van der Waals surface area contributed by atoms with Crippen molar-refractivity contribution < 1.29 is 19.0 Å². The molecule has 1 saturated carbocycles. The number of carbonyl (C=O) groups excluding carboxylic acids is 1. The van der Waals surface area contributed by atoms with Gasteiger partial charge in [0.05, 0.1) is 12.7 Å². The molecule has 0 unspecified atom stereocenters. The van der Waals surface area contributed by atoms with Crippen LogP contribution in [-0.2, 0) is 20.7 Å². The molecular weight excluding hydrogens is 352 g/mol. The number of ether oxygens (including phenoxy) is 3. The number of hydrogen-bond donors (Lipinski definition) is 0. The largest absolute Gasteiger partial charge is 0.468 e. The lowest BCUT2D eigenvalue weighted by Crippen LogP contribution is -2.23. The van der Waals surface area contributed by atoms with E-state index in [1.165, 1.54) is 51.0 Å². The lowest BCUT2D eigenvalue weighted by Gasteiger charge is -2.28. The Kier molecular flexibility index (Phi) is 10.7. The first-order chi connectivity index (χ1) is 13.7. The van der Waals surface area contributed by atoms with Crippen LogP contribution in [0.5, 0.6) is 5.75 Å². The van der Waals surface area contributed by atoms with Gasteiger partial charge in [-0.1, -0.05) is 57.7 Å². The van der Waals surface area contributed by atoms with Crippen LogP contribution in [0.15, 0.2) is 36.9 Å². The monoisotopic (exact) mass is 388 g/mol. The molecule has 0 atom stereocenters. The van der Waals surface area contributed by atoms with E-state index < -0.39 is 0 Å². The Morgan fingerprint density at radius 1 is 1.11 bits per heavy atom. The third kappa shape index (κ3) is 8.92. The molecule has 1 aromatic carbocycles. The second-order valence-corrected chi connectivity index (χ2v) is 7.69. The van der Waals surface area contributed by atoms with Gasteiger partial charge in [-0.25, -0.2) is 4.79 Å². The summed E-state index contributed by atoms with van der Waals surface area (Å²) in [7, 11) is 0. The summed E-state index contributed by atoms with van der Waals surface area (Å²) in [5, 5.41) is 0. The van der Waals surface area contributed by atoms with Crippen LogP contribution < -0.4 is 4.74 Å². The molecule has 0 aliphatic heterocycles. The predicted octanol–water partition coefficient (Wildman–Crippen LogP) is 5.84. The van der Waals surface area contributed by atoms with Crippen molar-refractivity contribution in [2.45, 2.75) is 77.2 Å². The average molecular weight is 389 g/mol. The fourth-order valence-corrected chi connectivity index (χ4v) is 3.73. The molecule has 0 amide bonds. The maximum absolute atomic E-state index is 11.0. The number of hydrogen-bond acceptors (Lipinski definition) is 4. The number of carbonyl (C=O) groups is 1. The van der Waals surface area contributed by atoms with E-state index in [1.54, 1.807) is 0 Å². The van der Waals surface area contributed by atoms with Gasteiger partial charge in [0.15, 0.2) is 6.79 Å². The quantitative estimate of drug-likeness (QED) is 0.184. The first-order valence-corrected chi connectivity index (χ1v) is 10.8. The smallest absolute Gasteiger partial charge is 0.330 e. The zero-order valence-electron chi connectivity index (χ0n) is 17.4. The molecule has 0 spiro atoms. The fraction of sp³-hybridized carbons (Fsp3) is 0.625. The second-order valence-electron chi connectivity index (χ2n) is 7.69. The van der Waals surface area contributed by atoms with Crippen LogP contribution >= 0.6 is 0 Å². The lowest BCUT2D eigenvalue weighted by molar-refractivity contribution is -0.137. The van der Waals surface area contributed by atoms with E-state index in [1.807, 2.05) is 24.3 Å². The van der Waals surface area contributed by atoms with Crippen molar-refractivity contribution in [2.75, 3.05) is 13.4 Å². The molecule has 0 bridgehead atoms. The molecule has 4 heteroatoms. The van der Waals surface area contributed by atoms with Crippen molar-refractivity contribution in [3.05, 3.63) is 42.5 Å². The average Bonchev–Trinajstić information content (AvgIpc) is 2.73. The van der Waals surface area contributed by atoms with Gasteiger partial charge in [0.1, 0.15) is 5.75 Å². The minimum Gasteiger partial charge on any atom is -0.468 e. The van der Waals surface area contributed by atoms with Gasteiger partial charge in [0, 0.05) is 12.5 Å². The van der Waals surface area contributed by atoms with Crippen molar-refractivity contribution in [3.63, 3.8) is 0 Å². The van der Waals surface area contributed by atoms with Crippen LogP contribution in [0.4, 0.5) is 0 Å². The molecule has 1 aliphatic carbocycles. The van der Waals surface area contributed by atoms with E-state index in [-0.39, 0.29) is 5.97 Å². The summed E-state index contributed by atoms with van der Waals surface area (Å²) in [6.45, 7) is 6.31. The SMILES string of the molecule is C=CC(=O)OCCc1ccc(OCOC2CCC(CCCCCC)CC2)cc1. The maximum atomic E-state index is 11.0. The van der Waals surface area contributed by atoms with Crippen LogP contribution in [0.3, 0.4) is 0 Å². The molecule has 1 fully saturated rings. The van der Waals surface area contributed by atoms with Gasteiger partial charge in [-0.05, 0) is 49.3 Å². The Morgan fingerprint density at radius 2 is 1.86 bits per heavy atom. The van der Waals surface area contributed by atoms with Gasteiger partial charge < -0.3 is 14.2 Å².